The Morgan fingerprint density at radius 2 is 2.25 bits per heavy atom. The highest BCUT2D eigenvalue weighted by Crippen LogP contribution is 2.14. The van der Waals surface area contributed by atoms with Gasteiger partial charge in [0.2, 0.25) is 0 Å². The number of nitrogens with one attached hydrogen (secondary N) is 1. The molecule has 0 saturated carbocycles. The van der Waals surface area contributed by atoms with Gasteiger partial charge in [0.1, 0.15) is 0 Å². The van der Waals surface area contributed by atoms with E-state index in [-0.39, 0.29) is 0 Å². The standard InChI is InChI=1S/C13H18N2O/c1-10-5-6-13(11(2)15-10)14-8-12-4-3-7-16-9-12/h4-6,14H,3,7-9H2,1-2H3. The smallest absolute Gasteiger partial charge is 0.0693 e. The second-order valence-corrected chi connectivity index (χ2v) is 4.14. The molecule has 0 bridgehead atoms. The van der Waals surface area contributed by atoms with Gasteiger partial charge >= 0.3 is 0 Å². The fourth-order valence-corrected chi connectivity index (χ4v) is 1.81. The first kappa shape index (κ1) is 11.1. The SMILES string of the molecule is Cc1ccc(NCC2=CCCOC2)c(C)n1. The number of hydrogen-bond donors (Lipinski definition) is 1. The molecule has 0 atom stereocenters. The van der Waals surface area contributed by atoms with E-state index in [9.17, 15) is 0 Å². The molecule has 0 fully saturated rings. The fraction of sp³-hybridized carbons (Fsp3) is 0.462. The lowest BCUT2D eigenvalue weighted by Crippen LogP contribution is -2.14. The lowest BCUT2D eigenvalue weighted by molar-refractivity contribution is 0.150. The molecule has 1 N–H and O–H groups in total. The third-order valence-corrected chi connectivity index (χ3v) is 2.71. The highest BCUT2D eigenvalue weighted by Gasteiger charge is 2.04. The average molecular weight is 218 g/mol. The van der Waals surface area contributed by atoms with Crippen molar-refractivity contribution in [1.82, 2.24) is 4.98 Å². The van der Waals surface area contributed by atoms with E-state index < -0.39 is 0 Å². The average Bonchev–Trinajstić information content (AvgIpc) is 2.29. The van der Waals surface area contributed by atoms with Crippen LogP contribution in [0.4, 0.5) is 5.69 Å². The minimum Gasteiger partial charge on any atom is -0.380 e. The van der Waals surface area contributed by atoms with Gasteiger partial charge in [0.25, 0.3) is 0 Å². The number of ether oxygens (including phenoxy) is 1. The molecule has 0 saturated heterocycles. The molecule has 2 rings (SSSR count). The number of aromatic nitrogens is 1. The first-order valence-electron chi connectivity index (χ1n) is 5.69. The number of nitrogens with zero attached hydrogens (tertiary/aromatic N) is 1. The largest absolute Gasteiger partial charge is 0.380 e. The quantitative estimate of drug-likeness (QED) is 0.791. The Morgan fingerprint density at radius 1 is 1.38 bits per heavy atom. The van der Waals surface area contributed by atoms with Crippen LogP contribution in [-0.2, 0) is 4.74 Å². The van der Waals surface area contributed by atoms with Crippen molar-refractivity contribution in [3.63, 3.8) is 0 Å². The van der Waals surface area contributed by atoms with Gasteiger partial charge in [-0.25, -0.2) is 0 Å². The molecule has 0 unspecified atom stereocenters. The van der Waals surface area contributed by atoms with Crippen molar-refractivity contribution in [2.45, 2.75) is 20.3 Å². The van der Waals surface area contributed by atoms with E-state index in [0.29, 0.717) is 0 Å². The summed E-state index contributed by atoms with van der Waals surface area (Å²) in [4.78, 5) is 4.42. The van der Waals surface area contributed by atoms with E-state index in [4.69, 9.17) is 4.74 Å². The zero-order chi connectivity index (χ0) is 11.4. The Labute approximate surface area is 96.5 Å². The van der Waals surface area contributed by atoms with Crippen LogP contribution in [0.2, 0.25) is 0 Å². The van der Waals surface area contributed by atoms with Gasteiger partial charge in [-0.15, -0.1) is 0 Å². The Kier molecular flexibility index (Phi) is 3.57. The van der Waals surface area contributed by atoms with E-state index in [2.05, 4.69) is 22.4 Å². The van der Waals surface area contributed by atoms with E-state index >= 15 is 0 Å². The summed E-state index contributed by atoms with van der Waals surface area (Å²) < 4.78 is 5.40. The second kappa shape index (κ2) is 5.12. The van der Waals surface area contributed by atoms with E-state index in [1.165, 1.54) is 5.57 Å². The lowest BCUT2D eigenvalue weighted by Gasteiger charge is -2.15. The van der Waals surface area contributed by atoms with Crippen molar-refractivity contribution in [2.24, 2.45) is 0 Å². The van der Waals surface area contributed by atoms with Crippen molar-refractivity contribution in [3.8, 4) is 0 Å². The van der Waals surface area contributed by atoms with Crippen LogP contribution in [0.15, 0.2) is 23.8 Å². The molecule has 0 spiro atoms. The summed E-state index contributed by atoms with van der Waals surface area (Å²) in [6.45, 7) is 6.50. The molecular formula is C13H18N2O. The topological polar surface area (TPSA) is 34.1 Å². The second-order valence-electron chi connectivity index (χ2n) is 4.14. The van der Waals surface area contributed by atoms with Crippen LogP contribution in [0.3, 0.4) is 0 Å². The van der Waals surface area contributed by atoms with Gasteiger partial charge in [0, 0.05) is 12.2 Å². The summed E-state index contributed by atoms with van der Waals surface area (Å²) in [5, 5.41) is 3.40. The van der Waals surface area contributed by atoms with Crippen molar-refractivity contribution < 1.29 is 4.74 Å². The molecule has 1 aliphatic rings. The van der Waals surface area contributed by atoms with Gasteiger partial charge in [-0.1, -0.05) is 6.08 Å². The molecule has 16 heavy (non-hydrogen) atoms. The fourth-order valence-electron chi connectivity index (χ4n) is 1.81. The van der Waals surface area contributed by atoms with Crippen LogP contribution in [0.1, 0.15) is 17.8 Å². The molecule has 0 aliphatic carbocycles. The van der Waals surface area contributed by atoms with E-state index in [0.717, 1.165) is 43.3 Å². The molecule has 0 radical (unpaired) electrons. The maximum Gasteiger partial charge on any atom is 0.0693 e. The lowest BCUT2D eigenvalue weighted by atomic mass is 10.2. The van der Waals surface area contributed by atoms with Gasteiger partial charge in [-0.2, -0.15) is 0 Å². The van der Waals surface area contributed by atoms with Crippen LogP contribution < -0.4 is 5.32 Å². The Hall–Kier alpha value is -1.35. The molecule has 86 valence electrons. The molecular weight excluding hydrogens is 200 g/mol. The Balaban J connectivity index is 1.96. The van der Waals surface area contributed by atoms with E-state index in [1.807, 2.05) is 19.9 Å². The van der Waals surface area contributed by atoms with Crippen LogP contribution in [0.25, 0.3) is 0 Å². The van der Waals surface area contributed by atoms with Crippen molar-refractivity contribution in [2.75, 3.05) is 25.1 Å². The zero-order valence-electron chi connectivity index (χ0n) is 9.92. The highest BCUT2D eigenvalue weighted by molar-refractivity contribution is 5.48. The van der Waals surface area contributed by atoms with E-state index in [1.54, 1.807) is 0 Å². The van der Waals surface area contributed by atoms with Crippen molar-refractivity contribution >= 4 is 5.69 Å². The Morgan fingerprint density at radius 3 is 2.94 bits per heavy atom. The zero-order valence-corrected chi connectivity index (χ0v) is 9.92. The molecule has 1 aliphatic heterocycles. The number of anilines is 1. The monoisotopic (exact) mass is 218 g/mol. The molecule has 0 amide bonds. The van der Waals surface area contributed by atoms with Crippen LogP contribution in [0.5, 0.6) is 0 Å². The normalized spacial score (nSPS) is 15.8. The maximum absolute atomic E-state index is 5.40. The minimum atomic E-state index is 0.755. The predicted molar refractivity (Wildman–Crippen MR) is 65.7 cm³/mol. The van der Waals surface area contributed by atoms with Crippen molar-refractivity contribution in [1.29, 1.82) is 0 Å². The highest BCUT2D eigenvalue weighted by atomic mass is 16.5. The first-order valence-corrected chi connectivity index (χ1v) is 5.69. The van der Waals surface area contributed by atoms with Crippen LogP contribution in [0, 0.1) is 13.8 Å². The number of aryl methyl sites for hydroxylation is 2. The predicted octanol–water partition coefficient (Wildman–Crippen LogP) is 2.46. The maximum atomic E-state index is 5.40. The van der Waals surface area contributed by atoms with Gasteiger partial charge in [-0.3, -0.25) is 4.98 Å². The van der Waals surface area contributed by atoms with Gasteiger partial charge in [-0.05, 0) is 38.0 Å². The molecule has 3 nitrogen and oxygen atoms in total. The van der Waals surface area contributed by atoms with Crippen molar-refractivity contribution in [3.05, 3.63) is 35.2 Å². The molecule has 2 heterocycles. The van der Waals surface area contributed by atoms with Gasteiger partial charge < -0.3 is 10.1 Å². The summed E-state index contributed by atoms with van der Waals surface area (Å²) >= 11 is 0. The first-order chi connectivity index (χ1) is 7.75. The Bertz CT molecular complexity index is 399. The molecule has 1 aromatic rings. The van der Waals surface area contributed by atoms with Gasteiger partial charge in [0.15, 0.2) is 0 Å². The third kappa shape index (κ3) is 2.83. The number of hydrogen-bond acceptors (Lipinski definition) is 3. The minimum absolute atomic E-state index is 0.755. The molecule has 1 aromatic heterocycles. The number of rotatable bonds is 3. The summed E-state index contributed by atoms with van der Waals surface area (Å²) in [6.07, 6.45) is 3.29. The van der Waals surface area contributed by atoms with Crippen LogP contribution in [-0.4, -0.2) is 24.7 Å². The molecule has 3 heteroatoms. The van der Waals surface area contributed by atoms with Gasteiger partial charge in [0.05, 0.1) is 24.6 Å². The summed E-state index contributed by atoms with van der Waals surface area (Å²) in [7, 11) is 0. The number of pyridine rings is 1. The summed E-state index contributed by atoms with van der Waals surface area (Å²) in [5.74, 6) is 0. The third-order valence-electron chi connectivity index (χ3n) is 2.71. The summed E-state index contributed by atoms with van der Waals surface area (Å²) in [6, 6.07) is 4.11. The summed E-state index contributed by atoms with van der Waals surface area (Å²) in [5.41, 5.74) is 4.55. The molecule has 0 aromatic carbocycles. The van der Waals surface area contributed by atoms with Crippen LogP contribution >= 0.6 is 0 Å².